The van der Waals surface area contributed by atoms with Crippen LogP contribution in [-0.4, -0.2) is 24.5 Å². The van der Waals surface area contributed by atoms with Crippen molar-refractivity contribution in [2.24, 2.45) is 5.92 Å². The standard InChI is InChI=1S/C26H25F3N2O4S/c1-15-25(28)21(27)13-23(26(15)29)36(34,35)31-20-10-11-22(30-14-20)19-8-6-18(7-9-19)17-4-2-16(3-5-17)12-24(32)33/h6-11,13-14,16-17,31H,2-5,12H2,1H3,(H,32,33). The minimum atomic E-state index is -4.52. The van der Waals surface area contributed by atoms with Gasteiger partial charge in [0.1, 0.15) is 10.7 Å². The van der Waals surface area contributed by atoms with Crippen LogP contribution in [0.25, 0.3) is 11.3 Å². The highest BCUT2D eigenvalue weighted by Gasteiger charge is 2.26. The van der Waals surface area contributed by atoms with Crippen molar-refractivity contribution in [1.82, 2.24) is 4.98 Å². The third kappa shape index (κ3) is 5.53. The molecule has 2 aromatic carbocycles. The number of halogens is 3. The molecule has 0 amide bonds. The second-order valence-electron chi connectivity index (χ2n) is 9.08. The van der Waals surface area contributed by atoms with E-state index in [9.17, 15) is 26.4 Å². The number of aliphatic carboxylic acids is 1. The highest BCUT2D eigenvalue weighted by molar-refractivity contribution is 7.92. The van der Waals surface area contributed by atoms with E-state index in [2.05, 4.69) is 9.71 Å². The Balaban J connectivity index is 1.44. The Morgan fingerprint density at radius 1 is 1.03 bits per heavy atom. The highest BCUT2D eigenvalue weighted by atomic mass is 32.2. The van der Waals surface area contributed by atoms with Gasteiger partial charge in [-0.15, -0.1) is 0 Å². The SMILES string of the molecule is Cc1c(F)c(F)cc(S(=O)(=O)Nc2ccc(-c3ccc(C4CCC(CC(=O)O)CC4)cc3)nc2)c1F. The number of carboxylic acids is 1. The van der Waals surface area contributed by atoms with Crippen LogP contribution in [0.3, 0.4) is 0 Å². The number of pyridine rings is 1. The summed E-state index contributed by atoms with van der Waals surface area (Å²) in [5.74, 6) is -4.38. The summed E-state index contributed by atoms with van der Waals surface area (Å²) in [4.78, 5) is 14.2. The fraction of sp³-hybridized carbons (Fsp3) is 0.308. The van der Waals surface area contributed by atoms with E-state index in [4.69, 9.17) is 5.11 Å². The predicted molar refractivity (Wildman–Crippen MR) is 128 cm³/mol. The molecule has 1 aliphatic rings. The van der Waals surface area contributed by atoms with Crippen molar-refractivity contribution in [3.8, 4) is 11.3 Å². The summed E-state index contributed by atoms with van der Waals surface area (Å²) >= 11 is 0. The number of nitrogens with zero attached hydrogens (tertiary/aromatic N) is 1. The van der Waals surface area contributed by atoms with E-state index in [1.54, 1.807) is 6.07 Å². The zero-order chi connectivity index (χ0) is 26.0. The number of carboxylic acid groups (broad SMARTS) is 1. The molecule has 0 atom stereocenters. The van der Waals surface area contributed by atoms with Gasteiger partial charge < -0.3 is 5.11 Å². The van der Waals surface area contributed by atoms with Gasteiger partial charge in [0, 0.05) is 23.6 Å². The molecule has 3 aromatic rings. The smallest absolute Gasteiger partial charge is 0.303 e. The van der Waals surface area contributed by atoms with Crippen molar-refractivity contribution in [2.75, 3.05) is 4.72 Å². The number of hydrogen-bond donors (Lipinski definition) is 2. The Labute approximate surface area is 207 Å². The molecule has 0 unspecified atom stereocenters. The van der Waals surface area contributed by atoms with Gasteiger partial charge in [0.05, 0.1) is 17.6 Å². The normalized spacial score (nSPS) is 18.1. The van der Waals surface area contributed by atoms with Crippen molar-refractivity contribution in [3.05, 3.63) is 77.2 Å². The lowest BCUT2D eigenvalue weighted by Crippen LogP contribution is -2.16. The van der Waals surface area contributed by atoms with Gasteiger partial charge in [0.15, 0.2) is 11.6 Å². The topological polar surface area (TPSA) is 96.4 Å². The highest BCUT2D eigenvalue weighted by Crippen LogP contribution is 2.37. The van der Waals surface area contributed by atoms with Crippen LogP contribution < -0.4 is 4.72 Å². The lowest BCUT2D eigenvalue weighted by atomic mass is 9.77. The van der Waals surface area contributed by atoms with E-state index in [1.165, 1.54) is 17.8 Å². The lowest BCUT2D eigenvalue weighted by molar-refractivity contribution is -0.138. The van der Waals surface area contributed by atoms with Gasteiger partial charge in [-0.05, 0) is 62.1 Å². The number of nitrogens with one attached hydrogen (secondary N) is 1. The Morgan fingerprint density at radius 3 is 2.28 bits per heavy atom. The van der Waals surface area contributed by atoms with Gasteiger partial charge in [-0.1, -0.05) is 24.3 Å². The van der Waals surface area contributed by atoms with Crippen LogP contribution in [0.5, 0.6) is 0 Å². The zero-order valence-electron chi connectivity index (χ0n) is 19.5. The van der Waals surface area contributed by atoms with Crippen LogP contribution in [0.4, 0.5) is 18.9 Å². The molecule has 10 heteroatoms. The summed E-state index contributed by atoms with van der Waals surface area (Å²) in [6.07, 6.45) is 5.16. The average molecular weight is 519 g/mol. The van der Waals surface area contributed by atoms with Crippen molar-refractivity contribution in [2.45, 2.75) is 49.8 Å². The second kappa shape index (κ2) is 10.3. The van der Waals surface area contributed by atoms with Crippen LogP contribution in [0.15, 0.2) is 53.6 Å². The average Bonchev–Trinajstić information content (AvgIpc) is 2.85. The van der Waals surface area contributed by atoms with Crippen LogP contribution in [0, 0.1) is 30.3 Å². The Bertz CT molecular complexity index is 1370. The molecule has 0 radical (unpaired) electrons. The van der Waals surface area contributed by atoms with Gasteiger partial charge in [0.25, 0.3) is 10.0 Å². The fourth-order valence-corrected chi connectivity index (χ4v) is 5.79. The number of hydrogen-bond acceptors (Lipinski definition) is 4. The molecule has 0 spiro atoms. The maximum atomic E-state index is 14.3. The maximum Gasteiger partial charge on any atom is 0.303 e. The molecule has 1 heterocycles. The van der Waals surface area contributed by atoms with Gasteiger partial charge in [-0.3, -0.25) is 14.5 Å². The molecular weight excluding hydrogens is 493 g/mol. The molecule has 0 saturated heterocycles. The van der Waals surface area contributed by atoms with Crippen molar-refractivity contribution in [1.29, 1.82) is 0 Å². The van der Waals surface area contributed by atoms with E-state index >= 15 is 0 Å². The summed E-state index contributed by atoms with van der Waals surface area (Å²) in [6, 6.07) is 11.2. The van der Waals surface area contributed by atoms with Crippen molar-refractivity contribution >= 4 is 21.7 Å². The summed E-state index contributed by atoms with van der Waals surface area (Å²) in [5.41, 5.74) is 1.90. The molecule has 4 rings (SSSR count). The maximum absolute atomic E-state index is 14.3. The molecule has 190 valence electrons. The largest absolute Gasteiger partial charge is 0.481 e. The predicted octanol–water partition coefficient (Wildman–Crippen LogP) is 6.02. The molecule has 36 heavy (non-hydrogen) atoms. The second-order valence-corrected chi connectivity index (χ2v) is 10.7. The van der Waals surface area contributed by atoms with E-state index in [-0.39, 0.29) is 18.0 Å². The summed E-state index contributed by atoms with van der Waals surface area (Å²) in [6.45, 7) is 0.957. The van der Waals surface area contributed by atoms with Gasteiger partial charge >= 0.3 is 5.97 Å². The first-order valence-corrected chi connectivity index (χ1v) is 13.0. The zero-order valence-corrected chi connectivity index (χ0v) is 20.3. The Hall–Kier alpha value is -3.40. The van der Waals surface area contributed by atoms with Crippen LogP contribution >= 0.6 is 0 Å². The number of carbonyl (C=O) groups is 1. The molecule has 1 fully saturated rings. The van der Waals surface area contributed by atoms with E-state index in [0.29, 0.717) is 17.7 Å². The van der Waals surface area contributed by atoms with Gasteiger partial charge in [-0.25, -0.2) is 21.6 Å². The molecule has 0 aliphatic heterocycles. The molecule has 1 aliphatic carbocycles. The number of aromatic nitrogens is 1. The first-order valence-electron chi connectivity index (χ1n) is 11.5. The van der Waals surface area contributed by atoms with Crippen LogP contribution in [0.2, 0.25) is 0 Å². The third-order valence-electron chi connectivity index (χ3n) is 6.64. The Morgan fingerprint density at radius 2 is 1.69 bits per heavy atom. The quantitative estimate of drug-likeness (QED) is 0.373. The summed E-state index contributed by atoms with van der Waals surface area (Å²) < 4.78 is 68.7. The number of rotatable bonds is 7. The molecule has 1 aromatic heterocycles. The van der Waals surface area contributed by atoms with Gasteiger partial charge in [-0.2, -0.15) is 0 Å². The van der Waals surface area contributed by atoms with E-state index in [0.717, 1.165) is 38.2 Å². The molecular formula is C26H25F3N2O4S. The van der Waals surface area contributed by atoms with Crippen LogP contribution in [-0.2, 0) is 14.8 Å². The first-order chi connectivity index (χ1) is 17.0. The summed E-state index contributed by atoms with van der Waals surface area (Å²) in [7, 11) is -4.52. The molecule has 0 bridgehead atoms. The minimum Gasteiger partial charge on any atom is -0.481 e. The molecule has 2 N–H and O–H groups in total. The van der Waals surface area contributed by atoms with Crippen molar-refractivity contribution < 1.29 is 31.5 Å². The Kier molecular flexibility index (Phi) is 7.35. The monoisotopic (exact) mass is 518 g/mol. The number of sulfonamides is 1. The van der Waals surface area contributed by atoms with E-state index < -0.39 is 43.9 Å². The summed E-state index contributed by atoms with van der Waals surface area (Å²) in [5, 5.41) is 8.97. The lowest BCUT2D eigenvalue weighted by Gasteiger charge is -2.28. The number of benzene rings is 2. The molecule has 1 saturated carbocycles. The minimum absolute atomic E-state index is 0.0373. The van der Waals surface area contributed by atoms with Gasteiger partial charge in [0.2, 0.25) is 0 Å². The fourth-order valence-electron chi connectivity index (χ4n) is 4.61. The number of anilines is 1. The van der Waals surface area contributed by atoms with E-state index in [1.807, 2.05) is 24.3 Å². The molecule has 6 nitrogen and oxygen atoms in total. The van der Waals surface area contributed by atoms with Crippen LogP contribution in [0.1, 0.15) is 49.1 Å². The third-order valence-corrected chi connectivity index (χ3v) is 8.02. The van der Waals surface area contributed by atoms with Crippen molar-refractivity contribution in [3.63, 3.8) is 0 Å². The first kappa shape index (κ1) is 25.7.